The molecule has 0 radical (unpaired) electrons. The largest absolute Gasteiger partial charge is 0.494 e. The summed E-state index contributed by atoms with van der Waals surface area (Å²) in [4.78, 5) is 27.3. The maximum atomic E-state index is 12.5. The molecule has 0 atom stereocenters. The van der Waals surface area contributed by atoms with Crippen molar-refractivity contribution >= 4 is 5.91 Å². The molecule has 0 spiro atoms. The van der Waals surface area contributed by atoms with E-state index in [1.54, 1.807) is 18.2 Å². The summed E-state index contributed by atoms with van der Waals surface area (Å²) in [6.07, 6.45) is 0. The van der Waals surface area contributed by atoms with Gasteiger partial charge in [-0.2, -0.15) is 0 Å². The number of aromatic amines is 1. The smallest absolute Gasteiger partial charge is 0.253 e. The molecule has 6 nitrogen and oxygen atoms in total. The second-order valence-electron chi connectivity index (χ2n) is 5.68. The second kappa shape index (κ2) is 8.37. The summed E-state index contributed by atoms with van der Waals surface area (Å²) >= 11 is 0. The van der Waals surface area contributed by atoms with E-state index in [1.165, 1.54) is 0 Å². The van der Waals surface area contributed by atoms with Crippen molar-refractivity contribution in [1.82, 2.24) is 10.3 Å². The molecule has 2 N–H and O–H groups in total. The first-order valence-electron chi connectivity index (χ1n) is 8.32. The number of aromatic nitrogens is 1. The first-order chi connectivity index (χ1) is 11.9. The molecule has 1 aromatic carbocycles. The minimum Gasteiger partial charge on any atom is -0.494 e. The highest BCUT2D eigenvalue weighted by Crippen LogP contribution is 2.23. The van der Waals surface area contributed by atoms with Gasteiger partial charge in [0.25, 0.3) is 11.5 Å². The van der Waals surface area contributed by atoms with E-state index in [9.17, 15) is 9.59 Å². The molecule has 6 heteroatoms. The average molecular weight is 344 g/mol. The number of nitrogens with one attached hydrogen (secondary N) is 2. The van der Waals surface area contributed by atoms with E-state index in [1.807, 2.05) is 33.8 Å². The molecule has 0 aliphatic heterocycles. The van der Waals surface area contributed by atoms with Crippen LogP contribution >= 0.6 is 0 Å². The van der Waals surface area contributed by atoms with Gasteiger partial charge >= 0.3 is 0 Å². The van der Waals surface area contributed by atoms with Crippen LogP contribution in [-0.2, 0) is 6.54 Å². The van der Waals surface area contributed by atoms with Crippen molar-refractivity contribution < 1.29 is 14.3 Å². The van der Waals surface area contributed by atoms with Crippen LogP contribution in [0.25, 0.3) is 0 Å². The van der Waals surface area contributed by atoms with Crippen LogP contribution in [-0.4, -0.2) is 24.1 Å². The van der Waals surface area contributed by atoms with Gasteiger partial charge in [-0.15, -0.1) is 0 Å². The van der Waals surface area contributed by atoms with Crippen LogP contribution in [0.2, 0.25) is 0 Å². The maximum Gasteiger partial charge on any atom is 0.253 e. The molecule has 0 saturated carbocycles. The van der Waals surface area contributed by atoms with E-state index in [0.717, 1.165) is 11.3 Å². The van der Waals surface area contributed by atoms with Crippen LogP contribution in [0.3, 0.4) is 0 Å². The Morgan fingerprint density at radius 1 is 1.04 bits per heavy atom. The molecule has 2 rings (SSSR count). The van der Waals surface area contributed by atoms with Gasteiger partial charge in [0.05, 0.1) is 13.2 Å². The van der Waals surface area contributed by atoms with Crippen LogP contribution in [0, 0.1) is 13.8 Å². The highest BCUT2D eigenvalue weighted by atomic mass is 16.5. The first-order valence-corrected chi connectivity index (χ1v) is 8.32. The molecule has 0 fully saturated rings. The molecular formula is C19H24N2O4. The van der Waals surface area contributed by atoms with Crippen molar-refractivity contribution in [3.05, 3.63) is 57.0 Å². The van der Waals surface area contributed by atoms with Gasteiger partial charge < -0.3 is 19.8 Å². The van der Waals surface area contributed by atoms with E-state index in [4.69, 9.17) is 9.47 Å². The maximum absolute atomic E-state index is 12.5. The Balaban J connectivity index is 2.19. The molecule has 25 heavy (non-hydrogen) atoms. The number of benzene rings is 1. The summed E-state index contributed by atoms with van der Waals surface area (Å²) in [5, 5.41) is 2.78. The van der Waals surface area contributed by atoms with Crippen molar-refractivity contribution in [2.24, 2.45) is 0 Å². The third kappa shape index (κ3) is 4.86. The number of hydrogen-bond donors (Lipinski definition) is 2. The van der Waals surface area contributed by atoms with E-state index in [0.29, 0.717) is 35.8 Å². The molecule has 0 saturated heterocycles. The Morgan fingerprint density at radius 2 is 1.64 bits per heavy atom. The average Bonchev–Trinajstić information content (AvgIpc) is 2.54. The van der Waals surface area contributed by atoms with Gasteiger partial charge in [0.1, 0.15) is 11.5 Å². The number of ether oxygens (including phenoxy) is 2. The Kier molecular flexibility index (Phi) is 6.22. The van der Waals surface area contributed by atoms with Crippen LogP contribution in [0.5, 0.6) is 11.5 Å². The molecular weight excluding hydrogens is 320 g/mol. The summed E-state index contributed by atoms with van der Waals surface area (Å²) < 4.78 is 11.0. The van der Waals surface area contributed by atoms with Gasteiger partial charge in [0, 0.05) is 29.4 Å². The van der Waals surface area contributed by atoms with E-state index >= 15 is 0 Å². The van der Waals surface area contributed by atoms with Crippen LogP contribution in [0.4, 0.5) is 0 Å². The van der Waals surface area contributed by atoms with Crippen LogP contribution in [0.15, 0.2) is 29.1 Å². The van der Waals surface area contributed by atoms with Gasteiger partial charge in [-0.05, 0) is 51.5 Å². The van der Waals surface area contributed by atoms with Crippen molar-refractivity contribution in [3.63, 3.8) is 0 Å². The predicted molar refractivity (Wildman–Crippen MR) is 96.5 cm³/mol. The molecule has 1 heterocycles. The zero-order valence-electron chi connectivity index (χ0n) is 15.1. The van der Waals surface area contributed by atoms with Crippen LogP contribution < -0.4 is 20.3 Å². The minimum atomic E-state index is -0.290. The second-order valence-corrected chi connectivity index (χ2v) is 5.68. The molecule has 1 amide bonds. The van der Waals surface area contributed by atoms with Gasteiger partial charge in [0.15, 0.2) is 0 Å². The Hall–Kier alpha value is -2.76. The normalized spacial score (nSPS) is 10.4. The lowest BCUT2D eigenvalue weighted by molar-refractivity contribution is 0.0950. The van der Waals surface area contributed by atoms with E-state index < -0.39 is 0 Å². The lowest BCUT2D eigenvalue weighted by Gasteiger charge is -2.12. The number of hydrogen-bond acceptors (Lipinski definition) is 4. The highest BCUT2D eigenvalue weighted by Gasteiger charge is 2.12. The SMILES string of the molecule is CCOc1cc(OCC)cc(C(=O)NCc2c(C)cc(C)[nH]c2=O)c1. The Bertz CT molecular complexity index is 787. The fraction of sp³-hybridized carbons (Fsp3) is 0.368. The molecule has 0 aliphatic carbocycles. The fourth-order valence-electron chi connectivity index (χ4n) is 2.57. The Morgan fingerprint density at radius 3 is 2.16 bits per heavy atom. The number of carbonyl (C=O) groups excluding carboxylic acids is 1. The third-order valence-electron chi connectivity index (χ3n) is 3.68. The van der Waals surface area contributed by atoms with Crippen molar-refractivity contribution in [1.29, 1.82) is 0 Å². The summed E-state index contributed by atoms with van der Waals surface area (Å²) in [5.41, 5.74) is 2.43. The van der Waals surface area contributed by atoms with E-state index in [-0.39, 0.29) is 18.0 Å². The summed E-state index contributed by atoms with van der Waals surface area (Å²) in [6, 6.07) is 6.95. The lowest BCUT2D eigenvalue weighted by atomic mass is 10.1. The van der Waals surface area contributed by atoms with Gasteiger partial charge in [-0.1, -0.05) is 0 Å². The molecule has 0 aliphatic rings. The Labute approximate surface area is 147 Å². The zero-order valence-corrected chi connectivity index (χ0v) is 15.1. The van der Waals surface area contributed by atoms with Crippen molar-refractivity contribution in [2.75, 3.05) is 13.2 Å². The molecule has 1 aromatic heterocycles. The number of carbonyl (C=O) groups is 1. The summed E-state index contributed by atoms with van der Waals surface area (Å²) in [5.74, 6) is 0.854. The topological polar surface area (TPSA) is 80.4 Å². The number of aryl methyl sites for hydroxylation is 2. The van der Waals surface area contributed by atoms with Crippen molar-refractivity contribution in [2.45, 2.75) is 34.2 Å². The monoisotopic (exact) mass is 344 g/mol. The molecule has 134 valence electrons. The predicted octanol–water partition coefficient (Wildman–Crippen LogP) is 2.72. The third-order valence-corrected chi connectivity index (χ3v) is 3.68. The first kappa shape index (κ1) is 18.6. The zero-order chi connectivity index (χ0) is 18.4. The quantitative estimate of drug-likeness (QED) is 0.809. The fourth-order valence-corrected chi connectivity index (χ4v) is 2.57. The lowest BCUT2D eigenvalue weighted by Crippen LogP contribution is -2.28. The van der Waals surface area contributed by atoms with Gasteiger partial charge in [-0.25, -0.2) is 0 Å². The van der Waals surface area contributed by atoms with Gasteiger partial charge in [-0.3, -0.25) is 9.59 Å². The summed E-state index contributed by atoms with van der Waals surface area (Å²) in [7, 11) is 0. The molecule has 2 aromatic rings. The van der Waals surface area contributed by atoms with Crippen molar-refractivity contribution in [3.8, 4) is 11.5 Å². The van der Waals surface area contributed by atoms with Crippen LogP contribution in [0.1, 0.15) is 41.0 Å². The standard InChI is InChI=1S/C19H24N2O4/c1-5-24-15-8-14(9-16(10-15)25-6-2)18(22)20-11-17-12(3)7-13(4)21-19(17)23/h7-10H,5-6,11H2,1-4H3,(H,20,22)(H,21,23). The molecule has 0 bridgehead atoms. The number of H-pyrrole nitrogens is 1. The molecule has 0 unspecified atom stereocenters. The highest BCUT2D eigenvalue weighted by molar-refractivity contribution is 5.95. The summed E-state index contributed by atoms with van der Waals surface area (Å²) in [6.45, 7) is 8.57. The number of pyridine rings is 1. The van der Waals surface area contributed by atoms with Gasteiger partial charge in [0.2, 0.25) is 0 Å². The minimum absolute atomic E-state index is 0.156. The number of rotatable bonds is 7. The number of amides is 1. The van der Waals surface area contributed by atoms with E-state index in [2.05, 4.69) is 10.3 Å².